The first kappa shape index (κ1) is 14.7. The third-order valence-corrected chi connectivity index (χ3v) is 3.42. The maximum Gasteiger partial charge on any atom is 0.446 e. The largest absolute Gasteiger partial charge is 0.446 e. The van der Waals surface area contributed by atoms with Crippen LogP contribution in [-0.2, 0) is 11.3 Å². The topological polar surface area (TPSA) is 40.6 Å². The van der Waals surface area contributed by atoms with Gasteiger partial charge in [0.15, 0.2) is 0 Å². The van der Waals surface area contributed by atoms with Crippen LogP contribution in [0.3, 0.4) is 0 Å². The minimum atomic E-state index is -4.36. The van der Waals surface area contributed by atoms with Crippen molar-refractivity contribution in [2.75, 3.05) is 13.6 Å². The third-order valence-electron chi connectivity index (χ3n) is 2.70. The van der Waals surface area contributed by atoms with Gasteiger partial charge < -0.3 is 4.90 Å². The molecule has 1 heterocycles. The first-order valence-corrected chi connectivity index (χ1v) is 6.48. The van der Waals surface area contributed by atoms with Gasteiger partial charge in [-0.05, 0) is 29.5 Å². The summed E-state index contributed by atoms with van der Waals surface area (Å²) in [5.74, 6) is -0.355. The highest BCUT2D eigenvalue weighted by atomic mass is 32.2. The van der Waals surface area contributed by atoms with Crippen LogP contribution in [0.25, 0.3) is 0 Å². The summed E-state index contributed by atoms with van der Waals surface area (Å²) in [7, 11) is 1.50. The molecule has 0 N–H and O–H groups in total. The Labute approximate surface area is 117 Å². The number of nitrogens with zero attached hydrogens (tertiary/aromatic N) is 2. The molecule has 1 aromatic carbocycles. The first-order chi connectivity index (χ1) is 9.26. The van der Waals surface area contributed by atoms with E-state index in [0.717, 1.165) is 4.90 Å². The van der Waals surface area contributed by atoms with E-state index >= 15 is 0 Å². The van der Waals surface area contributed by atoms with Gasteiger partial charge in [-0.1, -0.05) is 12.1 Å². The van der Waals surface area contributed by atoms with Crippen molar-refractivity contribution in [1.82, 2.24) is 9.80 Å². The zero-order chi connectivity index (χ0) is 14.9. The van der Waals surface area contributed by atoms with Crippen molar-refractivity contribution < 1.29 is 22.8 Å². The maximum atomic E-state index is 12.3. The quantitative estimate of drug-likeness (QED) is 0.637. The van der Waals surface area contributed by atoms with Gasteiger partial charge >= 0.3 is 11.5 Å². The molecular weight excluding hydrogens is 293 g/mol. The fraction of sp³-hybridized carbons (Fsp3) is 0.333. The van der Waals surface area contributed by atoms with Gasteiger partial charge in [0.05, 0.1) is 6.54 Å². The minimum absolute atomic E-state index is 0.00414. The molecule has 0 aromatic heterocycles. The van der Waals surface area contributed by atoms with Gasteiger partial charge in [-0.15, -0.1) is 0 Å². The predicted octanol–water partition coefficient (Wildman–Crippen LogP) is 2.69. The molecular formula is C12H11F3N2O2S. The molecule has 3 amide bonds. The average Bonchev–Trinajstić information content (AvgIpc) is 2.54. The van der Waals surface area contributed by atoms with Crippen molar-refractivity contribution in [2.45, 2.75) is 16.9 Å². The molecule has 1 aliphatic rings. The fourth-order valence-electron chi connectivity index (χ4n) is 1.85. The Bertz CT molecular complexity index is 548. The first-order valence-electron chi connectivity index (χ1n) is 5.66. The number of hydrogen-bond donors (Lipinski definition) is 0. The van der Waals surface area contributed by atoms with Crippen LogP contribution in [0.1, 0.15) is 5.56 Å². The van der Waals surface area contributed by atoms with Crippen LogP contribution >= 0.6 is 11.8 Å². The van der Waals surface area contributed by atoms with Crippen LogP contribution in [0.5, 0.6) is 0 Å². The summed E-state index contributed by atoms with van der Waals surface area (Å²) in [6.07, 6.45) is 0. The van der Waals surface area contributed by atoms with Gasteiger partial charge in [0, 0.05) is 11.9 Å². The summed E-state index contributed by atoms with van der Waals surface area (Å²) in [6.45, 7) is -0.0237. The Morgan fingerprint density at radius 2 is 2.00 bits per heavy atom. The molecule has 1 fully saturated rings. The Kier molecular flexibility index (Phi) is 3.94. The monoisotopic (exact) mass is 304 g/mol. The molecule has 0 atom stereocenters. The van der Waals surface area contributed by atoms with Crippen LogP contribution < -0.4 is 0 Å². The van der Waals surface area contributed by atoms with Crippen molar-refractivity contribution in [3.05, 3.63) is 29.8 Å². The normalized spacial score (nSPS) is 16.2. The molecule has 1 saturated heterocycles. The fourth-order valence-corrected chi connectivity index (χ4v) is 2.47. The second kappa shape index (κ2) is 5.35. The molecule has 0 aliphatic carbocycles. The number of imide groups is 1. The predicted molar refractivity (Wildman–Crippen MR) is 66.9 cm³/mol. The van der Waals surface area contributed by atoms with E-state index in [0.29, 0.717) is 5.56 Å². The summed E-state index contributed by atoms with van der Waals surface area (Å²) >= 11 is -0.224. The van der Waals surface area contributed by atoms with Crippen molar-refractivity contribution in [3.8, 4) is 0 Å². The molecule has 4 nitrogen and oxygen atoms in total. The van der Waals surface area contributed by atoms with Gasteiger partial charge in [0.2, 0.25) is 0 Å². The summed E-state index contributed by atoms with van der Waals surface area (Å²) in [5.41, 5.74) is -3.88. The van der Waals surface area contributed by atoms with E-state index in [9.17, 15) is 22.8 Å². The van der Waals surface area contributed by atoms with E-state index in [-0.39, 0.29) is 35.7 Å². The number of likely N-dealkylation sites (N-methyl/N-ethyl adjacent to an activating group) is 1. The highest BCUT2D eigenvalue weighted by Gasteiger charge is 2.33. The van der Waals surface area contributed by atoms with Gasteiger partial charge in [0.25, 0.3) is 5.91 Å². The minimum Gasteiger partial charge on any atom is -0.318 e. The van der Waals surface area contributed by atoms with E-state index in [2.05, 4.69) is 0 Å². The smallest absolute Gasteiger partial charge is 0.318 e. The molecule has 8 heteroatoms. The highest BCUT2D eigenvalue weighted by Crippen LogP contribution is 2.37. The number of halogens is 3. The number of thioether (sulfide) groups is 1. The summed E-state index contributed by atoms with van der Waals surface area (Å²) in [4.78, 5) is 25.6. The number of rotatable bonds is 3. The molecule has 0 unspecified atom stereocenters. The lowest BCUT2D eigenvalue weighted by atomic mass is 10.2. The SMILES string of the molecule is CN1CC(=O)N(Cc2cccc(SC(F)(F)F)c2)C1=O. The number of hydrogen-bond acceptors (Lipinski definition) is 3. The van der Waals surface area contributed by atoms with Crippen LogP contribution in [0.15, 0.2) is 29.2 Å². The molecule has 108 valence electrons. The standard InChI is InChI=1S/C12H11F3N2O2S/c1-16-7-10(18)17(11(16)19)6-8-3-2-4-9(5-8)20-12(13,14)15/h2-5H,6-7H2,1H3. The van der Waals surface area contributed by atoms with E-state index < -0.39 is 11.5 Å². The summed E-state index contributed by atoms with van der Waals surface area (Å²) in [5, 5.41) is 0. The number of carbonyl (C=O) groups excluding carboxylic acids is 2. The Hall–Kier alpha value is -1.70. The number of carbonyl (C=O) groups is 2. The second-order valence-corrected chi connectivity index (χ2v) is 5.45. The number of benzene rings is 1. The molecule has 0 radical (unpaired) electrons. The maximum absolute atomic E-state index is 12.3. The number of alkyl halides is 3. The number of urea groups is 1. The molecule has 1 aliphatic heterocycles. The number of amides is 3. The molecule has 1 aromatic rings. The molecule has 0 bridgehead atoms. The zero-order valence-corrected chi connectivity index (χ0v) is 11.3. The zero-order valence-electron chi connectivity index (χ0n) is 10.5. The third kappa shape index (κ3) is 3.44. The van der Waals surface area contributed by atoms with Crippen molar-refractivity contribution in [1.29, 1.82) is 0 Å². The summed E-state index contributed by atoms with van der Waals surface area (Å²) < 4.78 is 36.9. The van der Waals surface area contributed by atoms with Crippen LogP contribution in [0, 0.1) is 0 Å². The molecule has 2 rings (SSSR count). The lowest BCUT2D eigenvalue weighted by Crippen LogP contribution is -2.31. The summed E-state index contributed by atoms with van der Waals surface area (Å²) in [6, 6.07) is 5.28. The molecule has 0 saturated carbocycles. The van der Waals surface area contributed by atoms with Crippen LogP contribution in [0.4, 0.5) is 18.0 Å². The average molecular weight is 304 g/mol. The van der Waals surface area contributed by atoms with Crippen molar-refractivity contribution in [3.63, 3.8) is 0 Å². The van der Waals surface area contributed by atoms with Gasteiger partial charge in [-0.3, -0.25) is 9.69 Å². The van der Waals surface area contributed by atoms with Crippen molar-refractivity contribution >= 4 is 23.7 Å². The van der Waals surface area contributed by atoms with E-state index in [4.69, 9.17) is 0 Å². The Morgan fingerprint density at radius 1 is 1.30 bits per heavy atom. The lowest BCUT2D eigenvalue weighted by Gasteiger charge is -2.14. The molecule has 20 heavy (non-hydrogen) atoms. The van der Waals surface area contributed by atoms with Gasteiger partial charge in [0.1, 0.15) is 6.54 Å². The van der Waals surface area contributed by atoms with Gasteiger partial charge in [-0.25, -0.2) is 4.79 Å². The van der Waals surface area contributed by atoms with Crippen molar-refractivity contribution in [2.24, 2.45) is 0 Å². The molecule has 0 spiro atoms. The van der Waals surface area contributed by atoms with Crippen LogP contribution in [-0.4, -0.2) is 40.8 Å². The Morgan fingerprint density at radius 3 is 2.55 bits per heavy atom. The van der Waals surface area contributed by atoms with Crippen LogP contribution in [0.2, 0.25) is 0 Å². The lowest BCUT2D eigenvalue weighted by molar-refractivity contribution is -0.125. The van der Waals surface area contributed by atoms with E-state index in [1.165, 1.54) is 30.1 Å². The van der Waals surface area contributed by atoms with E-state index in [1.54, 1.807) is 6.07 Å². The van der Waals surface area contributed by atoms with E-state index in [1.807, 2.05) is 0 Å². The second-order valence-electron chi connectivity index (χ2n) is 4.31. The van der Waals surface area contributed by atoms with Gasteiger partial charge in [-0.2, -0.15) is 13.2 Å². The highest BCUT2D eigenvalue weighted by molar-refractivity contribution is 8.00. The Balaban J connectivity index is 2.12.